The maximum absolute atomic E-state index is 14.5. The minimum atomic E-state index is -8.90. The number of ether oxygens (including phenoxy) is 4. The second-order valence-electron chi connectivity index (χ2n) is 8.31. The normalized spacial score (nSPS) is 21.0. The summed E-state index contributed by atoms with van der Waals surface area (Å²) in [5, 5.41) is 0. The Balaban J connectivity index is 7.54. The molecular weight excluding hydrogens is 820 g/mol. The summed E-state index contributed by atoms with van der Waals surface area (Å²) < 4.78 is 377. The first kappa shape index (κ1) is 47.2. The van der Waals surface area contributed by atoms with E-state index >= 15 is 0 Å². The van der Waals surface area contributed by atoms with Gasteiger partial charge in [-0.05, 0) is 0 Å². The lowest BCUT2D eigenvalue weighted by atomic mass is 10.1. The van der Waals surface area contributed by atoms with Crippen molar-refractivity contribution in [2.24, 2.45) is 0 Å². The number of carbonyl (C=O) groups is 2. The highest BCUT2D eigenvalue weighted by Gasteiger charge is 2.88. The molecule has 0 bridgehead atoms. The van der Waals surface area contributed by atoms with E-state index < -0.39 is 97.0 Å². The number of alkyl halides is 26. The number of hydrogen-bond acceptors (Lipinski definition) is 6. The highest BCUT2D eigenvalue weighted by molar-refractivity contribution is 5.78. The summed E-state index contributed by atoms with van der Waals surface area (Å²) in [6.45, 7) is -5.02. The summed E-state index contributed by atoms with van der Waals surface area (Å²) in [5.41, 5.74) is 0. The Labute approximate surface area is 250 Å². The lowest BCUT2D eigenvalue weighted by Crippen LogP contribution is -2.72. The lowest BCUT2D eigenvalue weighted by molar-refractivity contribution is -0.562. The summed E-state index contributed by atoms with van der Waals surface area (Å²) in [5.74, 6) is -49.9. The van der Waals surface area contributed by atoms with Gasteiger partial charge in [0.1, 0.15) is 0 Å². The zero-order valence-electron chi connectivity index (χ0n) is 21.2. The van der Waals surface area contributed by atoms with Gasteiger partial charge < -0.3 is 0 Å². The molecule has 0 heterocycles. The fraction of sp³-hybridized carbons (Fsp3) is 0.875. The molecule has 0 aliphatic heterocycles. The van der Waals surface area contributed by atoms with Gasteiger partial charge in [0.2, 0.25) is 0 Å². The molecule has 0 spiro atoms. The molecule has 0 rings (SSSR count). The summed E-state index contributed by atoms with van der Waals surface area (Å²) in [6.07, 6.45) is -58.7. The van der Waals surface area contributed by atoms with Gasteiger partial charge in [0.05, 0.1) is 0 Å². The van der Waals surface area contributed by atoms with Gasteiger partial charge in [-0.1, -0.05) is 0 Å². The van der Waals surface area contributed by atoms with Crippen LogP contribution in [0.4, 0.5) is 123 Å². The zero-order valence-corrected chi connectivity index (χ0v) is 21.2. The van der Waals surface area contributed by atoms with Crippen LogP contribution in [0.2, 0.25) is 0 Å². The molecule has 0 aromatic heterocycles. The van der Waals surface area contributed by atoms with Crippen LogP contribution in [-0.4, -0.2) is 97.0 Å². The van der Waals surface area contributed by atoms with Crippen molar-refractivity contribution in [3.63, 3.8) is 0 Å². The Bertz CT molecular complexity index is 1250. The van der Waals surface area contributed by atoms with E-state index in [1.165, 1.54) is 14.2 Å². The van der Waals surface area contributed by atoms with Crippen molar-refractivity contribution in [1.82, 2.24) is 0 Å². The average Bonchev–Trinajstić information content (AvgIpc) is 2.84. The third-order valence-corrected chi connectivity index (χ3v) is 4.83. The zero-order chi connectivity index (χ0) is 41.2. The van der Waals surface area contributed by atoms with Crippen molar-refractivity contribution < 1.29 is 151 Å². The van der Waals surface area contributed by atoms with Crippen LogP contribution >= 0.6 is 0 Å². The molecule has 0 fully saturated rings. The lowest BCUT2D eigenvalue weighted by Gasteiger charge is -2.44. The smallest absolute Gasteiger partial charge is 0.287 e. The molecule has 6 nitrogen and oxygen atoms in total. The molecule has 0 radical (unpaired) electrons. The average molecular weight is 822 g/mol. The van der Waals surface area contributed by atoms with Crippen molar-refractivity contribution in [3.8, 4) is 0 Å². The van der Waals surface area contributed by atoms with Crippen LogP contribution in [0.5, 0.6) is 0 Å². The van der Waals surface area contributed by atoms with Crippen molar-refractivity contribution >= 4 is 12.1 Å². The van der Waals surface area contributed by atoms with Crippen molar-refractivity contribution in [1.29, 1.82) is 0 Å². The Morgan fingerprint density at radius 2 is 0.640 bits per heavy atom. The van der Waals surface area contributed by atoms with Gasteiger partial charge in [0, 0.05) is 0 Å². The van der Waals surface area contributed by atoms with Crippen LogP contribution in [-0.2, 0) is 28.5 Å². The van der Waals surface area contributed by atoms with Gasteiger partial charge in [0.15, 0.2) is 6.67 Å². The summed E-state index contributed by atoms with van der Waals surface area (Å²) in [7, 11) is 0. The van der Waals surface area contributed by atoms with E-state index in [9.17, 15) is 133 Å². The van der Waals surface area contributed by atoms with Crippen LogP contribution < -0.4 is 0 Å². The third-order valence-electron chi connectivity index (χ3n) is 4.83. The minimum absolute atomic E-state index is 1.02. The van der Waals surface area contributed by atoms with E-state index in [0.717, 1.165) is 4.74 Å². The quantitative estimate of drug-likeness (QED) is 0.123. The number of hydrogen-bond donors (Lipinski definition) is 0. The SMILES string of the molecule is O=C(F)C(F)(OC(F)(F)C(F)(OC(F)(F)C(F)(F)C(F)(CF)OC(F)(C(F)(F)F)C(F)(F)OC(F)(C(=O)F)C(F)(F)F)C(F)(F)F)C(F)(F)F. The summed E-state index contributed by atoms with van der Waals surface area (Å²) >= 11 is 0. The van der Waals surface area contributed by atoms with Crippen LogP contribution in [0.25, 0.3) is 0 Å². The van der Waals surface area contributed by atoms with Gasteiger partial charge in [-0.25, -0.2) is 8.78 Å². The second-order valence-corrected chi connectivity index (χ2v) is 8.31. The fourth-order valence-electron chi connectivity index (χ4n) is 2.32. The third kappa shape index (κ3) is 7.55. The van der Waals surface area contributed by atoms with E-state index in [1.807, 2.05) is 0 Å². The summed E-state index contributed by atoms with van der Waals surface area (Å²) in [4.78, 5) is 20.2. The van der Waals surface area contributed by atoms with Crippen molar-refractivity contribution in [2.45, 2.75) is 78.2 Å². The van der Waals surface area contributed by atoms with Gasteiger partial charge in [-0.15, -0.1) is 0 Å². The van der Waals surface area contributed by atoms with E-state index in [-0.39, 0.29) is 0 Å². The number of carbonyl (C=O) groups excluding carboxylic acids is 2. The molecule has 0 saturated carbocycles. The first-order valence-corrected chi connectivity index (χ1v) is 10.3. The highest BCUT2D eigenvalue weighted by Crippen LogP contribution is 2.59. The predicted octanol–water partition coefficient (Wildman–Crippen LogP) is 8.01. The highest BCUT2D eigenvalue weighted by atomic mass is 19.4. The van der Waals surface area contributed by atoms with Crippen LogP contribution in [0.1, 0.15) is 0 Å². The number of halogens is 28. The van der Waals surface area contributed by atoms with E-state index in [1.54, 1.807) is 0 Å². The van der Waals surface area contributed by atoms with Crippen molar-refractivity contribution in [2.75, 3.05) is 6.67 Å². The maximum Gasteiger partial charge on any atom is 0.459 e. The molecule has 5 unspecified atom stereocenters. The Hall–Kier alpha value is -2.78. The van der Waals surface area contributed by atoms with Crippen LogP contribution in [0.3, 0.4) is 0 Å². The van der Waals surface area contributed by atoms with Crippen molar-refractivity contribution in [3.05, 3.63) is 0 Å². The van der Waals surface area contributed by atoms with Gasteiger partial charge >= 0.3 is 90.3 Å². The molecule has 34 heteroatoms. The molecule has 0 aliphatic carbocycles. The molecule has 0 N–H and O–H groups in total. The maximum atomic E-state index is 14.5. The van der Waals surface area contributed by atoms with Crippen LogP contribution in [0.15, 0.2) is 0 Å². The predicted molar refractivity (Wildman–Crippen MR) is 85.7 cm³/mol. The van der Waals surface area contributed by atoms with Crippen LogP contribution in [0, 0.1) is 0 Å². The molecule has 0 amide bonds. The first-order chi connectivity index (χ1) is 21.3. The van der Waals surface area contributed by atoms with Gasteiger partial charge in [0.25, 0.3) is 0 Å². The molecule has 0 aromatic carbocycles. The summed E-state index contributed by atoms with van der Waals surface area (Å²) in [6, 6.07) is -10.2. The second kappa shape index (κ2) is 12.7. The molecule has 0 aliphatic rings. The number of rotatable bonds is 15. The Morgan fingerprint density at radius 3 is 0.840 bits per heavy atom. The van der Waals surface area contributed by atoms with Gasteiger partial charge in [-0.3, -0.25) is 28.5 Å². The molecular formula is C16H2F28O6. The van der Waals surface area contributed by atoms with E-state index in [0.29, 0.717) is 0 Å². The fourth-order valence-corrected chi connectivity index (χ4v) is 2.32. The minimum Gasteiger partial charge on any atom is -0.287 e. The van der Waals surface area contributed by atoms with E-state index in [2.05, 4.69) is 0 Å². The topological polar surface area (TPSA) is 71.1 Å². The molecule has 5 atom stereocenters. The Kier molecular flexibility index (Phi) is 12.0. The standard InChI is InChI=1S/C16H2F28O6/c17-1-4(20,47-8(25,12(33,34)35)15(41,42)48-5(21,2(18)45)10(27,28)29)7(23,24)14(39,40)50-9(26,13(36,37)38)16(43,44)49-6(22,3(19)46)11(30,31)32/h1H2. The monoisotopic (exact) mass is 822 g/mol. The Morgan fingerprint density at radius 1 is 0.380 bits per heavy atom. The molecule has 298 valence electrons. The largest absolute Gasteiger partial charge is 0.459 e. The molecule has 50 heavy (non-hydrogen) atoms. The molecule has 0 saturated heterocycles. The van der Waals surface area contributed by atoms with Gasteiger partial charge in [-0.2, -0.15) is 114 Å². The van der Waals surface area contributed by atoms with E-state index in [4.69, 9.17) is 0 Å². The first-order valence-electron chi connectivity index (χ1n) is 10.3. The molecule has 0 aromatic rings.